The van der Waals surface area contributed by atoms with Crippen molar-refractivity contribution in [3.63, 3.8) is 0 Å². The number of benzene rings is 3. The first-order valence-electron chi connectivity index (χ1n) is 13.3. The van der Waals surface area contributed by atoms with Crippen LogP contribution in [0.2, 0.25) is 0 Å². The van der Waals surface area contributed by atoms with Crippen LogP contribution in [0.1, 0.15) is 30.9 Å². The Kier molecular flexibility index (Phi) is 7.32. The molecule has 7 heteroatoms. The van der Waals surface area contributed by atoms with Gasteiger partial charge in [-0.1, -0.05) is 67.6 Å². The normalized spacial score (nSPS) is 17.1. The summed E-state index contributed by atoms with van der Waals surface area (Å²) >= 11 is 1.46. The van der Waals surface area contributed by atoms with Crippen molar-refractivity contribution in [3.05, 3.63) is 107 Å². The second kappa shape index (κ2) is 11.3. The molecule has 0 radical (unpaired) electrons. The van der Waals surface area contributed by atoms with E-state index in [0.29, 0.717) is 11.5 Å². The predicted octanol–water partition coefficient (Wildman–Crippen LogP) is 6.82. The van der Waals surface area contributed by atoms with Crippen LogP contribution in [0.25, 0.3) is 23.0 Å². The minimum atomic E-state index is -0.188. The Labute approximate surface area is 233 Å². The Morgan fingerprint density at radius 2 is 1.72 bits per heavy atom. The number of thioether (sulfide) groups is 1. The highest BCUT2D eigenvalue weighted by Crippen LogP contribution is 2.35. The van der Waals surface area contributed by atoms with Crippen LogP contribution >= 0.6 is 11.8 Å². The van der Waals surface area contributed by atoms with Gasteiger partial charge in [0, 0.05) is 30.4 Å². The van der Waals surface area contributed by atoms with Gasteiger partial charge in [-0.15, -0.1) is 0 Å². The fourth-order valence-corrected chi connectivity index (χ4v) is 5.73. The van der Waals surface area contributed by atoms with Gasteiger partial charge in [0.25, 0.3) is 5.91 Å². The zero-order valence-corrected chi connectivity index (χ0v) is 22.7. The third-order valence-electron chi connectivity index (χ3n) is 7.07. The number of para-hydroxylation sites is 1. The first-order chi connectivity index (χ1) is 19.1. The van der Waals surface area contributed by atoms with Crippen molar-refractivity contribution in [2.24, 2.45) is 10.9 Å². The molecule has 196 valence electrons. The highest BCUT2D eigenvalue weighted by Gasteiger charge is 2.28. The van der Waals surface area contributed by atoms with E-state index in [1.165, 1.54) is 11.8 Å². The molecule has 0 saturated carbocycles. The average molecular weight is 535 g/mol. The second-order valence-electron chi connectivity index (χ2n) is 10.00. The van der Waals surface area contributed by atoms with Gasteiger partial charge in [0.2, 0.25) is 0 Å². The van der Waals surface area contributed by atoms with E-state index < -0.39 is 0 Å². The Morgan fingerprint density at radius 1 is 0.974 bits per heavy atom. The largest absolute Gasteiger partial charge is 0.489 e. The van der Waals surface area contributed by atoms with Crippen molar-refractivity contribution < 1.29 is 9.53 Å². The first kappa shape index (κ1) is 25.2. The molecule has 3 heterocycles. The molecule has 39 heavy (non-hydrogen) atoms. The molecule has 0 bridgehead atoms. The van der Waals surface area contributed by atoms with E-state index in [0.717, 1.165) is 70.8 Å². The monoisotopic (exact) mass is 534 g/mol. The van der Waals surface area contributed by atoms with E-state index in [4.69, 9.17) is 9.84 Å². The zero-order valence-electron chi connectivity index (χ0n) is 21.9. The van der Waals surface area contributed by atoms with Crippen LogP contribution in [-0.4, -0.2) is 38.8 Å². The molecule has 0 spiro atoms. The molecule has 0 atom stereocenters. The number of amidine groups is 1. The molecule has 1 saturated heterocycles. The van der Waals surface area contributed by atoms with Crippen molar-refractivity contribution in [1.29, 1.82) is 0 Å². The maximum absolute atomic E-state index is 12.9. The summed E-state index contributed by atoms with van der Waals surface area (Å²) < 4.78 is 7.95. The van der Waals surface area contributed by atoms with Crippen LogP contribution in [0.3, 0.4) is 0 Å². The van der Waals surface area contributed by atoms with E-state index in [1.54, 1.807) is 0 Å². The number of rotatable bonds is 6. The summed E-state index contributed by atoms with van der Waals surface area (Å²) in [7, 11) is 0. The molecule has 1 amide bonds. The number of hydrogen-bond donors (Lipinski definition) is 0. The number of nitrogens with zero attached hydrogens (tertiary/aromatic N) is 4. The van der Waals surface area contributed by atoms with Crippen LogP contribution in [0.5, 0.6) is 5.75 Å². The number of aliphatic imine (C=N–C) groups is 1. The quantitative estimate of drug-likeness (QED) is 0.254. The summed E-state index contributed by atoms with van der Waals surface area (Å²) in [6.07, 6.45) is 6.16. The Balaban J connectivity index is 1.30. The maximum Gasteiger partial charge on any atom is 0.286 e. The minimum Gasteiger partial charge on any atom is -0.489 e. The Morgan fingerprint density at radius 3 is 2.49 bits per heavy atom. The molecular formula is C32H30N4O2S. The molecule has 1 aromatic heterocycles. The average Bonchev–Trinajstić information content (AvgIpc) is 3.57. The summed E-state index contributed by atoms with van der Waals surface area (Å²) in [5.74, 6) is 1.30. The van der Waals surface area contributed by atoms with Crippen molar-refractivity contribution in [2.45, 2.75) is 26.4 Å². The standard InChI is InChI=1S/C32H30N4O2S/c1-23-15-17-35(18-16-23)32-33-31(37)29(39-32)20-26-21-36(27-12-6-3-7-13-27)34-30(26)25-11-8-14-28(19-25)38-22-24-9-4-2-5-10-24/h2-14,19-21,23H,15-18,22H2,1H3/b29-20-. The van der Waals surface area contributed by atoms with Crippen molar-refractivity contribution >= 4 is 28.9 Å². The van der Waals surface area contributed by atoms with Crippen molar-refractivity contribution in [1.82, 2.24) is 14.7 Å². The van der Waals surface area contributed by atoms with Crippen molar-refractivity contribution in [2.75, 3.05) is 13.1 Å². The lowest BCUT2D eigenvalue weighted by atomic mass is 10.00. The predicted molar refractivity (Wildman–Crippen MR) is 158 cm³/mol. The molecule has 2 aliphatic rings. The summed E-state index contributed by atoms with van der Waals surface area (Å²) in [4.78, 5) is 20.2. The lowest BCUT2D eigenvalue weighted by molar-refractivity contribution is -0.113. The van der Waals surface area contributed by atoms with E-state index in [1.807, 2.05) is 102 Å². The van der Waals surface area contributed by atoms with E-state index >= 15 is 0 Å². The van der Waals surface area contributed by atoms with Gasteiger partial charge in [-0.25, -0.2) is 4.68 Å². The fraction of sp³-hybridized carbons (Fsp3) is 0.219. The van der Waals surface area contributed by atoms with Gasteiger partial charge in [-0.2, -0.15) is 10.1 Å². The van der Waals surface area contributed by atoms with Gasteiger partial charge >= 0.3 is 0 Å². The molecule has 0 unspecified atom stereocenters. The second-order valence-corrected chi connectivity index (χ2v) is 11.0. The van der Waals surface area contributed by atoms with Gasteiger partial charge in [0.1, 0.15) is 18.1 Å². The molecule has 0 N–H and O–H groups in total. The summed E-state index contributed by atoms with van der Waals surface area (Å²) in [6, 6.07) is 28.1. The van der Waals surface area contributed by atoms with Gasteiger partial charge < -0.3 is 9.64 Å². The molecule has 4 aromatic rings. The minimum absolute atomic E-state index is 0.188. The third kappa shape index (κ3) is 5.83. The van der Waals surface area contributed by atoms with Gasteiger partial charge in [-0.05, 0) is 66.4 Å². The lowest BCUT2D eigenvalue weighted by Gasteiger charge is -2.30. The van der Waals surface area contributed by atoms with Gasteiger partial charge in [0.15, 0.2) is 5.17 Å². The molecule has 1 fully saturated rings. The molecule has 6 nitrogen and oxygen atoms in total. The maximum atomic E-state index is 12.9. The number of carbonyl (C=O) groups excluding carboxylic acids is 1. The number of amides is 1. The molecule has 6 rings (SSSR count). The van der Waals surface area contributed by atoms with Gasteiger partial charge in [0.05, 0.1) is 10.6 Å². The van der Waals surface area contributed by atoms with Crippen LogP contribution in [0, 0.1) is 5.92 Å². The highest BCUT2D eigenvalue weighted by atomic mass is 32.2. The summed E-state index contributed by atoms with van der Waals surface area (Å²) in [5, 5.41) is 5.75. The SMILES string of the molecule is CC1CCN(C2=NC(=O)/C(=C/c3cn(-c4ccccc4)nc3-c3cccc(OCc4ccccc4)c3)S2)CC1. The molecule has 2 aliphatic heterocycles. The van der Waals surface area contributed by atoms with Gasteiger partial charge in [-0.3, -0.25) is 4.79 Å². The molecular weight excluding hydrogens is 504 g/mol. The lowest BCUT2D eigenvalue weighted by Crippen LogP contribution is -2.35. The van der Waals surface area contributed by atoms with E-state index in [-0.39, 0.29) is 5.91 Å². The topological polar surface area (TPSA) is 59.7 Å². The molecule has 0 aliphatic carbocycles. The number of carbonyl (C=O) groups is 1. The number of likely N-dealkylation sites (tertiary alicyclic amines) is 1. The van der Waals surface area contributed by atoms with E-state index in [2.05, 4.69) is 16.8 Å². The highest BCUT2D eigenvalue weighted by molar-refractivity contribution is 8.18. The summed E-state index contributed by atoms with van der Waals surface area (Å²) in [6.45, 7) is 4.66. The number of piperidine rings is 1. The first-order valence-corrected chi connectivity index (χ1v) is 14.1. The zero-order chi connectivity index (χ0) is 26.6. The smallest absolute Gasteiger partial charge is 0.286 e. The molecule has 3 aromatic carbocycles. The van der Waals surface area contributed by atoms with Crippen LogP contribution in [0.15, 0.2) is 101 Å². The Bertz CT molecular complexity index is 1520. The third-order valence-corrected chi connectivity index (χ3v) is 8.11. The number of aromatic nitrogens is 2. The fourth-order valence-electron chi connectivity index (χ4n) is 4.78. The number of ether oxygens (including phenoxy) is 1. The summed E-state index contributed by atoms with van der Waals surface area (Å²) in [5.41, 5.74) is 4.62. The number of hydrogen-bond acceptors (Lipinski definition) is 5. The van der Waals surface area contributed by atoms with Crippen LogP contribution < -0.4 is 4.74 Å². The van der Waals surface area contributed by atoms with Crippen molar-refractivity contribution in [3.8, 4) is 22.7 Å². The van der Waals surface area contributed by atoms with Crippen LogP contribution in [0.4, 0.5) is 0 Å². The van der Waals surface area contributed by atoms with E-state index in [9.17, 15) is 4.79 Å². The van der Waals surface area contributed by atoms with Crippen LogP contribution in [-0.2, 0) is 11.4 Å². The Hall–Kier alpha value is -4.10.